The van der Waals surface area contributed by atoms with Crippen molar-refractivity contribution >= 4 is 35.9 Å². The highest BCUT2D eigenvalue weighted by atomic mass is 16.2. The second-order valence-corrected chi connectivity index (χ2v) is 10.1. The zero-order valence-electron chi connectivity index (χ0n) is 22.9. The van der Waals surface area contributed by atoms with Crippen LogP contribution >= 0.6 is 0 Å². The minimum Gasteiger partial charge on any atom is -0.370 e. The summed E-state index contributed by atoms with van der Waals surface area (Å²) in [6.45, 7) is 6.31. The SMILES string of the molecule is CC(=O)NC(CCCCN)C(=O)NC(CC(C)C)C(=O)NC(CCCN=C(N)N)C(=O)N1CCCC1C=O. The van der Waals surface area contributed by atoms with Crippen LogP contribution in [-0.2, 0) is 24.0 Å². The molecule has 0 aromatic heterocycles. The summed E-state index contributed by atoms with van der Waals surface area (Å²) in [7, 11) is 0. The number of nitrogens with two attached hydrogens (primary N) is 3. The Balaban J connectivity index is 3.05. The van der Waals surface area contributed by atoms with Crippen molar-refractivity contribution in [1.82, 2.24) is 20.9 Å². The van der Waals surface area contributed by atoms with Crippen LogP contribution in [0.4, 0.5) is 0 Å². The van der Waals surface area contributed by atoms with Gasteiger partial charge < -0.3 is 42.8 Å². The number of hydrogen-bond acceptors (Lipinski definition) is 7. The Hall–Kier alpha value is -3.22. The van der Waals surface area contributed by atoms with Crippen LogP contribution < -0.4 is 33.2 Å². The number of likely N-dealkylation sites (tertiary alicyclic amines) is 1. The number of aldehydes is 1. The zero-order valence-corrected chi connectivity index (χ0v) is 22.9. The van der Waals surface area contributed by atoms with Gasteiger partial charge >= 0.3 is 0 Å². The molecule has 0 radical (unpaired) electrons. The van der Waals surface area contributed by atoms with Crippen LogP contribution in [0.25, 0.3) is 0 Å². The molecular formula is C25H46N8O5. The molecule has 1 heterocycles. The molecule has 0 saturated carbocycles. The third-order valence-corrected chi connectivity index (χ3v) is 6.28. The summed E-state index contributed by atoms with van der Waals surface area (Å²) in [6, 6.07) is -3.18. The van der Waals surface area contributed by atoms with Crippen molar-refractivity contribution in [2.24, 2.45) is 28.1 Å². The lowest BCUT2D eigenvalue weighted by molar-refractivity contribution is -0.139. The van der Waals surface area contributed by atoms with E-state index in [9.17, 15) is 24.0 Å². The molecule has 0 aliphatic carbocycles. The van der Waals surface area contributed by atoms with Crippen molar-refractivity contribution < 1.29 is 24.0 Å². The third kappa shape index (κ3) is 11.9. The van der Waals surface area contributed by atoms with E-state index in [0.29, 0.717) is 58.0 Å². The minimum atomic E-state index is -0.929. The number of amides is 4. The van der Waals surface area contributed by atoms with Gasteiger partial charge in [-0.25, -0.2) is 0 Å². The number of carbonyl (C=O) groups excluding carboxylic acids is 5. The van der Waals surface area contributed by atoms with Gasteiger partial charge in [-0.2, -0.15) is 0 Å². The van der Waals surface area contributed by atoms with E-state index in [0.717, 1.165) is 6.29 Å². The summed E-state index contributed by atoms with van der Waals surface area (Å²) in [5.74, 6) is -1.73. The largest absolute Gasteiger partial charge is 0.370 e. The van der Waals surface area contributed by atoms with Crippen molar-refractivity contribution in [2.45, 2.75) is 96.3 Å². The van der Waals surface area contributed by atoms with Gasteiger partial charge in [-0.15, -0.1) is 0 Å². The first-order valence-electron chi connectivity index (χ1n) is 13.4. The predicted molar refractivity (Wildman–Crippen MR) is 145 cm³/mol. The molecule has 1 aliphatic heterocycles. The fraction of sp³-hybridized carbons (Fsp3) is 0.760. The van der Waals surface area contributed by atoms with Crippen molar-refractivity contribution in [1.29, 1.82) is 0 Å². The number of nitrogens with zero attached hydrogens (tertiary/aromatic N) is 2. The fourth-order valence-corrected chi connectivity index (χ4v) is 4.42. The summed E-state index contributed by atoms with van der Waals surface area (Å²) < 4.78 is 0. The Labute approximate surface area is 225 Å². The van der Waals surface area contributed by atoms with Crippen molar-refractivity contribution in [2.75, 3.05) is 19.6 Å². The molecule has 4 amide bonds. The molecule has 0 bridgehead atoms. The second-order valence-electron chi connectivity index (χ2n) is 10.1. The molecule has 1 fully saturated rings. The van der Waals surface area contributed by atoms with E-state index in [1.54, 1.807) is 0 Å². The Morgan fingerprint density at radius 1 is 0.974 bits per heavy atom. The van der Waals surface area contributed by atoms with Gasteiger partial charge in [0.1, 0.15) is 24.4 Å². The van der Waals surface area contributed by atoms with Gasteiger partial charge in [-0.1, -0.05) is 13.8 Å². The van der Waals surface area contributed by atoms with Gasteiger partial charge in [-0.05, 0) is 63.8 Å². The molecule has 1 rings (SSSR count). The number of nitrogens with one attached hydrogen (secondary N) is 3. The lowest BCUT2D eigenvalue weighted by Gasteiger charge is -2.29. The Morgan fingerprint density at radius 2 is 1.61 bits per heavy atom. The molecule has 0 aromatic rings. The molecule has 13 nitrogen and oxygen atoms in total. The van der Waals surface area contributed by atoms with Crippen molar-refractivity contribution in [3.8, 4) is 0 Å². The summed E-state index contributed by atoms with van der Waals surface area (Å²) in [5.41, 5.74) is 16.3. The maximum Gasteiger partial charge on any atom is 0.245 e. The fourth-order valence-electron chi connectivity index (χ4n) is 4.42. The van der Waals surface area contributed by atoms with Crippen LogP contribution in [0.2, 0.25) is 0 Å². The zero-order chi connectivity index (χ0) is 28.7. The molecule has 38 heavy (non-hydrogen) atoms. The van der Waals surface area contributed by atoms with Crippen LogP contribution in [-0.4, -0.2) is 84.6 Å². The quantitative estimate of drug-likeness (QED) is 0.0575. The first-order chi connectivity index (χ1) is 18.0. The molecular weight excluding hydrogens is 492 g/mol. The number of aliphatic imine (C=N–C) groups is 1. The van der Waals surface area contributed by atoms with E-state index in [4.69, 9.17) is 17.2 Å². The average Bonchev–Trinajstić information content (AvgIpc) is 3.32. The monoisotopic (exact) mass is 538 g/mol. The molecule has 1 aliphatic rings. The smallest absolute Gasteiger partial charge is 0.245 e. The van der Waals surface area contributed by atoms with Crippen molar-refractivity contribution in [3.63, 3.8) is 0 Å². The normalized spacial score (nSPS) is 17.3. The highest BCUT2D eigenvalue weighted by molar-refractivity contribution is 5.94. The van der Waals surface area contributed by atoms with E-state index in [-0.39, 0.29) is 36.7 Å². The highest BCUT2D eigenvalue weighted by Gasteiger charge is 2.35. The molecule has 0 aromatic carbocycles. The topological polar surface area (TPSA) is 215 Å². The van der Waals surface area contributed by atoms with Gasteiger partial charge in [0.05, 0.1) is 6.04 Å². The molecule has 13 heteroatoms. The van der Waals surface area contributed by atoms with Gasteiger partial charge in [0.2, 0.25) is 23.6 Å². The van der Waals surface area contributed by atoms with E-state index < -0.39 is 36.0 Å². The molecule has 216 valence electrons. The van der Waals surface area contributed by atoms with Gasteiger partial charge in [0, 0.05) is 20.0 Å². The van der Waals surface area contributed by atoms with Gasteiger partial charge in [0.25, 0.3) is 0 Å². The Morgan fingerprint density at radius 3 is 2.18 bits per heavy atom. The number of rotatable bonds is 17. The van der Waals surface area contributed by atoms with E-state index >= 15 is 0 Å². The van der Waals surface area contributed by atoms with E-state index in [1.807, 2.05) is 13.8 Å². The van der Waals surface area contributed by atoms with Crippen LogP contribution in [0.5, 0.6) is 0 Å². The summed E-state index contributed by atoms with van der Waals surface area (Å²) in [6.07, 6.45) is 4.72. The Kier molecular flexibility index (Phi) is 15.0. The number of unbranched alkanes of at least 4 members (excludes halogenated alkanes) is 1. The maximum atomic E-state index is 13.4. The number of guanidine groups is 1. The van der Waals surface area contributed by atoms with E-state index in [1.165, 1.54) is 11.8 Å². The number of hydrogen-bond donors (Lipinski definition) is 6. The lowest BCUT2D eigenvalue weighted by atomic mass is 10.0. The third-order valence-electron chi connectivity index (χ3n) is 6.28. The van der Waals surface area contributed by atoms with Crippen LogP contribution in [0.15, 0.2) is 4.99 Å². The summed E-state index contributed by atoms with van der Waals surface area (Å²) in [4.78, 5) is 68.4. The second kappa shape index (κ2) is 17.3. The van der Waals surface area contributed by atoms with E-state index in [2.05, 4.69) is 20.9 Å². The molecule has 9 N–H and O–H groups in total. The van der Waals surface area contributed by atoms with Gasteiger partial charge in [-0.3, -0.25) is 24.2 Å². The van der Waals surface area contributed by atoms with Gasteiger partial charge in [0.15, 0.2) is 5.96 Å². The summed E-state index contributed by atoms with van der Waals surface area (Å²) in [5, 5.41) is 8.19. The van der Waals surface area contributed by atoms with Crippen LogP contribution in [0, 0.1) is 5.92 Å². The van der Waals surface area contributed by atoms with Crippen LogP contribution in [0.3, 0.4) is 0 Å². The highest BCUT2D eigenvalue weighted by Crippen LogP contribution is 2.18. The minimum absolute atomic E-state index is 0.0524. The first kappa shape index (κ1) is 32.8. The molecule has 4 atom stereocenters. The summed E-state index contributed by atoms with van der Waals surface area (Å²) >= 11 is 0. The molecule has 4 unspecified atom stereocenters. The average molecular weight is 539 g/mol. The predicted octanol–water partition coefficient (Wildman–Crippen LogP) is -1.12. The Bertz CT molecular complexity index is 831. The van der Waals surface area contributed by atoms with Crippen molar-refractivity contribution in [3.05, 3.63) is 0 Å². The first-order valence-corrected chi connectivity index (χ1v) is 13.4. The standard InChI is InChI=1S/C25H46N8O5/c1-16(2)14-21(32-22(36)19(30-17(3)35)9-4-5-11-26)23(37)31-20(10-6-12-29-25(27)28)24(38)33-13-7-8-18(33)15-34/h15-16,18-21H,4-14,26H2,1-3H3,(H,30,35)(H,31,37)(H,32,36)(H4,27,28,29). The molecule has 0 spiro atoms. The molecule has 1 saturated heterocycles. The lowest BCUT2D eigenvalue weighted by Crippen LogP contribution is -2.57. The number of carbonyl (C=O) groups is 5. The van der Waals surface area contributed by atoms with Crippen LogP contribution in [0.1, 0.15) is 72.1 Å². The maximum absolute atomic E-state index is 13.4.